The van der Waals surface area contributed by atoms with Crippen molar-refractivity contribution in [1.82, 2.24) is 5.32 Å². The standard InChI is InChI=1S/C17H19N3O/c1-12(13-5-3-2-4-6-13)20-17(21)14-7-8-15-16(11-14)19-10-9-18-15/h2-8,11-12,18-19H,9-10H2,1H3,(H,20,21). The molecule has 21 heavy (non-hydrogen) atoms. The van der Waals surface area contributed by atoms with Gasteiger partial charge in [-0.2, -0.15) is 0 Å². The van der Waals surface area contributed by atoms with E-state index in [1.807, 2.05) is 55.5 Å². The van der Waals surface area contributed by atoms with Gasteiger partial charge in [-0.25, -0.2) is 0 Å². The molecule has 0 spiro atoms. The van der Waals surface area contributed by atoms with Crippen molar-refractivity contribution >= 4 is 17.3 Å². The normalized spacial score (nSPS) is 14.3. The highest BCUT2D eigenvalue weighted by Gasteiger charge is 2.14. The number of amides is 1. The number of rotatable bonds is 3. The Kier molecular flexibility index (Phi) is 3.77. The Morgan fingerprint density at radius 3 is 2.52 bits per heavy atom. The van der Waals surface area contributed by atoms with Crippen molar-refractivity contribution < 1.29 is 4.79 Å². The second-order valence-electron chi connectivity index (χ2n) is 5.22. The van der Waals surface area contributed by atoms with Gasteiger partial charge in [-0.3, -0.25) is 4.79 Å². The van der Waals surface area contributed by atoms with E-state index in [0.717, 1.165) is 30.0 Å². The summed E-state index contributed by atoms with van der Waals surface area (Å²) in [5.41, 5.74) is 3.81. The molecule has 3 rings (SSSR count). The maximum Gasteiger partial charge on any atom is 0.251 e. The molecule has 4 nitrogen and oxygen atoms in total. The Morgan fingerprint density at radius 2 is 1.76 bits per heavy atom. The molecule has 0 radical (unpaired) electrons. The van der Waals surface area contributed by atoms with Gasteiger partial charge in [-0.15, -0.1) is 0 Å². The minimum atomic E-state index is -0.0541. The van der Waals surface area contributed by atoms with Crippen LogP contribution in [0, 0.1) is 0 Å². The number of hydrogen-bond acceptors (Lipinski definition) is 3. The molecule has 1 atom stereocenters. The lowest BCUT2D eigenvalue weighted by atomic mass is 10.1. The predicted molar refractivity (Wildman–Crippen MR) is 85.7 cm³/mol. The Balaban J connectivity index is 1.73. The minimum Gasteiger partial charge on any atom is -0.382 e. The van der Waals surface area contributed by atoms with E-state index in [0.29, 0.717) is 5.56 Å². The van der Waals surface area contributed by atoms with Gasteiger partial charge in [0.25, 0.3) is 5.91 Å². The second kappa shape index (κ2) is 5.87. The van der Waals surface area contributed by atoms with Crippen LogP contribution in [0.4, 0.5) is 11.4 Å². The molecule has 4 heteroatoms. The topological polar surface area (TPSA) is 53.2 Å². The molecule has 0 saturated heterocycles. The quantitative estimate of drug-likeness (QED) is 0.810. The minimum absolute atomic E-state index is 0.0131. The van der Waals surface area contributed by atoms with E-state index in [9.17, 15) is 4.79 Å². The summed E-state index contributed by atoms with van der Waals surface area (Å²) in [4.78, 5) is 12.4. The highest BCUT2D eigenvalue weighted by Crippen LogP contribution is 2.25. The molecule has 108 valence electrons. The van der Waals surface area contributed by atoms with E-state index in [1.54, 1.807) is 0 Å². The lowest BCUT2D eigenvalue weighted by Crippen LogP contribution is -2.27. The first-order chi connectivity index (χ1) is 10.2. The molecule has 0 saturated carbocycles. The zero-order valence-electron chi connectivity index (χ0n) is 12.0. The lowest BCUT2D eigenvalue weighted by Gasteiger charge is -2.21. The summed E-state index contributed by atoms with van der Waals surface area (Å²) in [6.07, 6.45) is 0. The van der Waals surface area contributed by atoms with Crippen LogP contribution < -0.4 is 16.0 Å². The SMILES string of the molecule is CC(NC(=O)c1ccc2c(c1)NCCN2)c1ccccc1. The first-order valence-corrected chi connectivity index (χ1v) is 7.21. The van der Waals surface area contributed by atoms with E-state index >= 15 is 0 Å². The first kappa shape index (κ1) is 13.5. The smallest absolute Gasteiger partial charge is 0.251 e. The fourth-order valence-corrected chi connectivity index (χ4v) is 2.49. The van der Waals surface area contributed by atoms with E-state index < -0.39 is 0 Å². The van der Waals surface area contributed by atoms with Crippen molar-refractivity contribution in [2.24, 2.45) is 0 Å². The number of fused-ring (bicyclic) bond motifs is 1. The van der Waals surface area contributed by atoms with E-state index in [1.165, 1.54) is 0 Å². The molecule has 3 N–H and O–H groups in total. The summed E-state index contributed by atoms with van der Waals surface area (Å²) in [6.45, 7) is 3.77. The van der Waals surface area contributed by atoms with Crippen LogP contribution in [0.2, 0.25) is 0 Å². The van der Waals surface area contributed by atoms with Gasteiger partial charge in [0.15, 0.2) is 0 Å². The number of carbonyl (C=O) groups excluding carboxylic acids is 1. The molecule has 1 unspecified atom stereocenters. The van der Waals surface area contributed by atoms with Crippen LogP contribution in [0.1, 0.15) is 28.9 Å². The lowest BCUT2D eigenvalue weighted by molar-refractivity contribution is 0.0940. The first-order valence-electron chi connectivity index (χ1n) is 7.21. The molecule has 1 aliphatic heterocycles. The molecule has 1 aliphatic rings. The highest BCUT2D eigenvalue weighted by molar-refractivity contribution is 5.96. The van der Waals surface area contributed by atoms with Crippen molar-refractivity contribution in [3.05, 3.63) is 59.7 Å². The third kappa shape index (κ3) is 2.99. The number of benzene rings is 2. The molecule has 0 fully saturated rings. The summed E-state index contributed by atoms with van der Waals surface area (Å²) in [6, 6.07) is 15.6. The predicted octanol–water partition coefficient (Wildman–Crippen LogP) is 3.02. The largest absolute Gasteiger partial charge is 0.382 e. The Labute approximate surface area is 124 Å². The zero-order valence-corrected chi connectivity index (χ0v) is 12.0. The molecule has 1 heterocycles. The number of carbonyl (C=O) groups is 1. The Morgan fingerprint density at radius 1 is 1.05 bits per heavy atom. The van der Waals surface area contributed by atoms with Gasteiger partial charge in [0, 0.05) is 18.7 Å². The maximum atomic E-state index is 12.4. The van der Waals surface area contributed by atoms with Crippen LogP contribution in [-0.4, -0.2) is 19.0 Å². The summed E-state index contributed by atoms with van der Waals surface area (Å²) in [7, 11) is 0. The molecule has 2 aromatic rings. The van der Waals surface area contributed by atoms with Gasteiger partial charge in [0.2, 0.25) is 0 Å². The number of hydrogen-bond donors (Lipinski definition) is 3. The Bertz CT molecular complexity index is 640. The van der Waals surface area contributed by atoms with Crippen molar-refractivity contribution in [2.75, 3.05) is 23.7 Å². The molecule has 2 aromatic carbocycles. The van der Waals surface area contributed by atoms with Crippen molar-refractivity contribution in [2.45, 2.75) is 13.0 Å². The zero-order chi connectivity index (χ0) is 14.7. The van der Waals surface area contributed by atoms with Crippen LogP contribution in [0.5, 0.6) is 0 Å². The van der Waals surface area contributed by atoms with Crippen molar-refractivity contribution in [3.63, 3.8) is 0 Å². The molecule has 0 bridgehead atoms. The monoisotopic (exact) mass is 281 g/mol. The average Bonchev–Trinajstić information content (AvgIpc) is 2.55. The maximum absolute atomic E-state index is 12.4. The van der Waals surface area contributed by atoms with Gasteiger partial charge in [0.1, 0.15) is 0 Å². The number of nitrogens with one attached hydrogen (secondary N) is 3. The summed E-state index contributed by atoms with van der Waals surface area (Å²) in [5, 5.41) is 9.63. The summed E-state index contributed by atoms with van der Waals surface area (Å²) >= 11 is 0. The van der Waals surface area contributed by atoms with Gasteiger partial charge >= 0.3 is 0 Å². The molecule has 0 aliphatic carbocycles. The van der Waals surface area contributed by atoms with Crippen LogP contribution >= 0.6 is 0 Å². The van der Waals surface area contributed by atoms with E-state index in [4.69, 9.17) is 0 Å². The highest BCUT2D eigenvalue weighted by atomic mass is 16.1. The van der Waals surface area contributed by atoms with Crippen LogP contribution in [-0.2, 0) is 0 Å². The van der Waals surface area contributed by atoms with Crippen molar-refractivity contribution in [1.29, 1.82) is 0 Å². The fourth-order valence-electron chi connectivity index (χ4n) is 2.49. The van der Waals surface area contributed by atoms with Gasteiger partial charge in [0.05, 0.1) is 17.4 Å². The molecular weight excluding hydrogens is 262 g/mol. The Hall–Kier alpha value is -2.49. The molecular formula is C17H19N3O. The average molecular weight is 281 g/mol. The van der Waals surface area contributed by atoms with Crippen molar-refractivity contribution in [3.8, 4) is 0 Å². The van der Waals surface area contributed by atoms with Crippen LogP contribution in [0.3, 0.4) is 0 Å². The summed E-state index contributed by atoms with van der Waals surface area (Å²) in [5.74, 6) is -0.0541. The van der Waals surface area contributed by atoms with Gasteiger partial charge < -0.3 is 16.0 Å². The van der Waals surface area contributed by atoms with Crippen LogP contribution in [0.15, 0.2) is 48.5 Å². The molecule has 0 aromatic heterocycles. The number of anilines is 2. The van der Waals surface area contributed by atoms with Gasteiger partial charge in [-0.05, 0) is 30.7 Å². The van der Waals surface area contributed by atoms with Gasteiger partial charge in [-0.1, -0.05) is 30.3 Å². The third-order valence-corrected chi connectivity index (χ3v) is 3.68. The van der Waals surface area contributed by atoms with E-state index in [2.05, 4.69) is 16.0 Å². The molecule has 1 amide bonds. The summed E-state index contributed by atoms with van der Waals surface area (Å²) < 4.78 is 0. The third-order valence-electron chi connectivity index (χ3n) is 3.68. The second-order valence-corrected chi connectivity index (χ2v) is 5.22. The van der Waals surface area contributed by atoms with E-state index in [-0.39, 0.29) is 11.9 Å². The fraction of sp³-hybridized carbons (Fsp3) is 0.235. The van der Waals surface area contributed by atoms with Crippen LogP contribution in [0.25, 0.3) is 0 Å².